The number of amides is 2. The molecule has 2 aliphatic rings. The second-order valence-corrected chi connectivity index (χ2v) is 8.47. The Morgan fingerprint density at radius 3 is 2.41 bits per heavy atom. The summed E-state index contributed by atoms with van der Waals surface area (Å²) < 4.78 is 0. The molecule has 1 fully saturated rings. The van der Waals surface area contributed by atoms with Crippen molar-refractivity contribution in [1.82, 2.24) is 5.32 Å². The van der Waals surface area contributed by atoms with Crippen LogP contribution < -0.4 is 10.2 Å². The molecule has 2 aromatic rings. The minimum atomic E-state index is 0.0261. The predicted octanol–water partition coefficient (Wildman–Crippen LogP) is 4.40. The van der Waals surface area contributed by atoms with Gasteiger partial charge in [-0.05, 0) is 62.6 Å². The lowest BCUT2D eigenvalue weighted by molar-refractivity contribution is -0.129. The van der Waals surface area contributed by atoms with Crippen molar-refractivity contribution in [1.29, 1.82) is 0 Å². The highest BCUT2D eigenvalue weighted by atomic mass is 16.2. The van der Waals surface area contributed by atoms with Gasteiger partial charge in [0.1, 0.15) is 0 Å². The van der Waals surface area contributed by atoms with Gasteiger partial charge in [-0.1, -0.05) is 48.0 Å². The molecule has 2 amide bonds. The Labute approximate surface area is 173 Å². The second kappa shape index (κ2) is 8.81. The minimum absolute atomic E-state index is 0.0261. The van der Waals surface area contributed by atoms with Crippen LogP contribution in [0.4, 0.5) is 5.69 Å². The van der Waals surface area contributed by atoms with Gasteiger partial charge in [-0.15, -0.1) is 0 Å². The number of nitrogens with one attached hydrogen (secondary N) is 1. The van der Waals surface area contributed by atoms with Gasteiger partial charge >= 0.3 is 0 Å². The third-order valence-corrected chi connectivity index (χ3v) is 6.41. The van der Waals surface area contributed by atoms with E-state index in [1.165, 1.54) is 11.1 Å². The fourth-order valence-corrected chi connectivity index (χ4v) is 4.62. The number of carbonyl (C=O) groups excluding carboxylic acids is 2. The number of benzene rings is 2. The van der Waals surface area contributed by atoms with Crippen LogP contribution in [0.3, 0.4) is 0 Å². The zero-order valence-electron chi connectivity index (χ0n) is 17.2. The number of para-hydroxylation sites is 1. The Balaban J connectivity index is 1.29. The predicted molar refractivity (Wildman–Crippen MR) is 116 cm³/mol. The van der Waals surface area contributed by atoms with Crippen LogP contribution in [-0.4, -0.2) is 18.4 Å². The van der Waals surface area contributed by atoms with E-state index in [0.29, 0.717) is 6.54 Å². The Kier molecular flexibility index (Phi) is 5.98. The fraction of sp³-hybridized carbons (Fsp3) is 0.440. The monoisotopic (exact) mass is 390 g/mol. The Morgan fingerprint density at radius 1 is 0.966 bits per heavy atom. The lowest BCUT2D eigenvalue weighted by Gasteiger charge is -2.35. The summed E-state index contributed by atoms with van der Waals surface area (Å²) in [6, 6.07) is 16.5. The zero-order chi connectivity index (χ0) is 20.2. The summed E-state index contributed by atoms with van der Waals surface area (Å²) in [6.07, 6.45) is 5.28. The maximum atomic E-state index is 13.2. The molecule has 2 aromatic carbocycles. The summed E-state index contributed by atoms with van der Waals surface area (Å²) in [7, 11) is 0. The lowest BCUT2D eigenvalue weighted by atomic mass is 9.80. The maximum Gasteiger partial charge on any atom is 0.230 e. The van der Waals surface area contributed by atoms with Crippen LogP contribution in [-0.2, 0) is 22.6 Å². The molecule has 1 aliphatic carbocycles. The Hall–Kier alpha value is -2.62. The molecule has 0 bridgehead atoms. The van der Waals surface area contributed by atoms with E-state index in [0.717, 1.165) is 56.3 Å². The van der Waals surface area contributed by atoms with Crippen molar-refractivity contribution in [3.63, 3.8) is 0 Å². The van der Waals surface area contributed by atoms with Crippen molar-refractivity contribution < 1.29 is 9.59 Å². The quantitative estimate of drug-likeness (QED) is 0.841. The van der Waals surface area contributed by atoms with Crippen molar-refractivity contribution >= 4 is 17.5 Å². The number of carbonyl (C=O) groups is 2. The Morgan fingerprint density at radius 2 is 1.66 bits per heavy atom. The first kappa shape index (κ1) is 19.7. The molecule has 0 atom stereocenters. The number of nitrogens with zero attached hydrogens (tertiary/aromatic N) is 1. The van der Waals surface area contributed by atoms with E-state index in [2.05, 4.69) is 48.6 Å². The third kappa shape index (κ3) is 4.52. The molecule has 152 valence electrons. The normalized spacial score (nSPS) is 21.3. The highest BCUT2D eigenvalue weighted by molar-refractivity contribution is 5.96. The van der Waals surface area contributed by atoms with Crippen LogP contribution in [0, 0.1) is 18.8 Å². The molecule has 1 saturated carbocycles. The topological polar surface area (TPSA) is 49.4 Å². The average molecular weight is 391 g/mol. The molecule has 1 aliphatic heterocycles. The van der Waals surface area contributed by atoms with Gasteiger partial charge in [0.2, 0.25) is 11.8 Å². The summed E-state index contributed by atoms with van der Waals surface area (Å²) >= 11 is 0. The molecule has 0 aromatic heterocycles. The van der Waals surface area contributed by atoms with E-state index in [9.17, 15) is 9.59 Å². The first-order chi connectivity index (χ1) is 14.1. The summed E-state index contributed by atoms with van der Waals surface area (Å²) in [5, 5.41) is 3.07. The average Bonchev–Trinajstić information content (AvgIpc) is 2.78. The van der Waals surface area contributed by atoms with E-state index in [1.54, 1.807) is 0 Å². The highest BCUT2D eigenvalue weighted by Gasteiger charge is 2.33. The molecular formula is C25H30N2O2. The number of anilines is 1. The van der Waals surface area contributed by atoms with Crippen molar-refractivity contribution in [2.24, 2.45) is 11.8 Å². The molecular weight excluding hydrogens is 360 g/mol. The first-order valence-electron chi connectivity index (χ1n) is 10.8. The molecule has 0 spiro atoms. The number of hydrogen-bond acceptors (Lipinski definition) is 2. The largest absolute Gasteiger partial charge is 0.352 e. The molecule has 0 saturated heterocycles. The van der Waals surface area contributed by atoms with Crippen LogP contribution in [0.25, 0.3) is 0 Å². The SMILES string of the molecule is Cc1ccc(CNC(=O)C2CCC(C(=O)N3CCCc4ccccc43)CC2)cc1. The molecule has 4 heteroatoms. The molecule has 4 rings (SSSR count). The number of aryl methyl sites for hydroxylation is 2. The van der Waals surface area contributed by atoms with Gasteiger partial charge in [-0.3, -0.25) is 9.59 Å². The summed E-state index contributed by atoms with van der Waals surface area (Å²) in [6.45, 7) is 3.44. The Bertz CT molecular complexity index is 867. The van der Waals surface area contributed by atoms with Crippen LogP contribution in [0.2, 0.25) is 0 Å². The fourth-order valence-electron chi connectivity index (χ4n) is 4.62. The third-order valence-electron chi connectivity index (χ3n) is 6.41. The number of fused-ring (bicyclic) bond motifs is 1. The van der Waals surface area contributed by atoms with Crippen LogP contribution in [0.5, 0.6) is 0 Å². The van der Waals surface area contributed by atoms with E-state index in [-0.39, 0.29) is 23.7 Å². The van der Waals surface area contributed by atoms with Crippen molar-refractivity contribution in [3.8, 4) is 0 Å². The molecule has 1 heterocycles. The van der Waals surface area contributed by atoms with Crippen molar-refractivity contribution in [2.45, 2.75) is 52.0 Å². The lowest BCUT2D eigenvalue weighted by Crippen LogP contribution is -2.42. The van der Waals surface area contributed by atoms with Crippen LogP contribution in [0.15, 0.2) is 48.5 Å². The first-order valence-corrected chi connectivity index (χ1v) is 10.8. The molecule has 1 N–H and O–H groups in total. The standard InChI is InChI=1S/C25H30N2O2/c1-18-8-10-19(11-9-18)17-26-24(28)21-12-14-22(15-13-21)25(29)27-16-4-6-20-5-2-3-7-23(20)27/h2-3,5,7-11,21-22H,4,6,12-17H2,1H3,(H,26,28). The molecule has 29 heavy (non-hydrogen) atoms. The van der Waals surface area contributed by atoms with Gasteiger partial charge in [0, 0.05) is 30.6 Å². The molecule has 0 unspecified atom stereocenters. The second-order valence-electron chi connectivity index (χ2n) is 8.47. The van der Waals surface area contributed by atoms with E-state index in [4.69, 9.17) is 0 Å². The van der Waals surface area contributed by atoms with Crippen molar-refractivity contribution in [2.75, 3.05) is 11.4 Å². The molecule has 0 radical (unpaired) electrons. The van der Waals surface area contributed by atoms with Gasteiger partial charge in [0.25, 0.3) is 0 Å². The maximum absolute atomic E-state index is 13.2. The van der Waals surface area contributed by atoms with Gasteiger partial charge in [-0.2, -0.15) is 0 Å². The smallest absolute Gasteiger partial charge is 0.230 e. The summed E-state index contributed by atoms with van der Waals surface area (Å²) in [4.78, 5) is 27.7. The molecule has 4 nitrogen and oxygen atoms in total. The van der Waals surface area contributed by atoms with E-state index in [1.807, 2.05) is 17.0 Å². The van der Waals surface area contributed by atoms with Crippen LogP contribution >= 0.6 is 0 Å². The number of hydrogen-bond donors (Lipinski definition) is 1. The van der Waals surface area contributed by atoms with E-state index >= 15 is 0 Å². The van der Waals surface area contributed by atoms with E-state index < -0.39 is 0 Å². The van der Waals surface area contributed by atoms with Gasteiger partial charge in [-0.25, -0.2) is 0 Å². The number of rotatable bonds is 4. The van der Waals surface area contributed by atoms with Crippen LogP contribution in [0.1, 0.15) is 48.8 Å². The van der Waals surface area contributed by atoms with Gasteiger partial charge < -0.3 is 10.2 Å². The van der Waals surface area contributed by atoms with Crippen molar-refractivity contribution in [3.05, 3.63) is 65.2 Å². The van der Waals surface area contributed by atoms with Gasteiger partial charge in [0.05, 0.1) is 0 Å². The van der Waals surface area contributed by atoms with Gasteiger partial charge in [0.15, 0.2) is 0 Å². The minimum Gasteiger partial charge on any atom is -0.352 e. The highest BCUT2D eigenvalue weighted by Crippen LogP contribution is 2.34. The summed E-state index contributed by atoms with van der Waals surface area (Å²) in [5.41, 5.74) is 4.70. The zero-order valence-corrected chi connectivity index (χ0v) is 17.2. The summed E-state index contributed by atoms with van der Waals surface area (Å²) in [5.74, 6) is 0.441.